The van der Waals surface area contributed by atoms with Gasteiger partial charge in [-0.05, 0) is 24.6 Å². The van der Waals surface area contributed by atoms with Gasteiger partial charge in [0.05, 0.1) is 0 Å². The second kappa shape index (κ2) is 16.9. The number of phenols is 4. The molecular formula is C31H42O9. The molecule has 0 amide bonds. The van der Waals surface area contributed by atoms with Crippen LogP contribution in [0.3, 0.4) is 0 Å². The molecule has 0 aliphatic rings. The first-order chi connectivity index (χ1) is 19.1. The monoisotopic (exact) mass is 558 g/mol. The number of aromatic hydroxyl groups is 5. The van der Waals surface area contributed by atoms with Gasteiger partial charge >= 0.3 is 5.97 Å². The summed E-state index contributed by atoms with van der Waals surface area (Å²) < 4.78 is 5.35. The first kappa shape index (κ1) is 32.3. The van der Waals surface area contributed by atoms with Crippen molar-refractivity contribution in [1.82, 2.24) is 0 Å². The smallest absolute Gasteiger partial charge is 0.303 e. The topological polar surface area (TPSA) is 169 Å². The van der Waals surface area contributed by atoms with Crippen molar-refractivity contribution >= 4 is 16.9 Å². The number of fused-ring (bicyclic) bond motifs is 1. The van der Waals surface area contributed by atoms with Gasteiger partial charge in [-0.2, -0.15) is 0 Å². The Bertz CT molecular complexity index is 1280. The van der Waals surface area contributed by atoms with Gasteiger partial charge in [0.1, 0.15) is 22.5 Å². The predicted molar refractivity (Wildman–Crippen MR) is 154 cm³/mol. The summed E-state index contributed by atoms with van der Waals surface area (Å²) in [4.78, 5) is 22.4. The fourth-order valence-corrected chi connectivity index (χ4v) is 4.43. The SMILES string of the molecule is CCCCCCCCCCCCCCCC(=O)O.O=c1c(O)c(-c2ccc(O)c(O)c2)oc2cc(O)cc(O)c12. The molecule has 220 valence electrons. The molecule has 0 saturated carbocycles. The Hall–Kier alpha value is -3.88. The number of carbonyl (C=O) groups is 1. The van der Waals surface area contributed by atoms with Crippen LogP contribution in [0.5, 0.6) is 28.7 Å². The Kier molecular flexibility index (Phi) is 13.7. The van der Waals surface area contributed by atoms with Crippen molar-refractivity contribution in [2.24, 2.45) is 0 Å². The number of benzene rings is 2. The van der Waals surface area contributed by atoms with Crippen molar-refractivity contribution in [3.05, 3.63) is 40.6 Å². The molecule has 0 atom stereocenters. The van der Waals surface area contributed by atoms with E-state index in [1.165, 1.54) is 76.7 Å². The van der Waals surface area contributed by atoms with Crippen molar-refractivity contribution in [2.45, 2.75) is 96.8 Å². The maximum Gasteiger partial charge on any atom is 0.303 e. The highest BCUT2D eigenvalue weighted by atomic mass is 16.4. The molecule has 0 aliphatic carbocycles. The second-order valence-electron chi connectivity index (χ2n) is 10.0. The number of phenolic OH excluding ortho intramolecular Hbond substituents is 4. The van der Waals surface area contributed by atoms with Crippen LogP contribution in [0.15, 0.2) is 39.5 Å². The molecule has 3 aromatic rings. The first-order valence-electron chi connectivity index (χ1n) is 14.1. The molecule has 1 heterocycles. The van der Waals surface area contributed by atoms with E-state index in [-0.39, 0.29) is 33.8 Å². The summed E-state index contributed by atoms with van der Waals surface area (Å²) in [5.74, 6) is -3.37. The van der Waals surface area contributed by atoms with Gasteiger partial charge in [-0.3, -0.25) is 9.59 Å². The van der Waals surface area contributed by atoms with Gasteiger partial charge in [0.25, 0.3) is 0 Å². The largest absolute Gasteiger partial charge is 0.508 e. The van der Waals surface area contributed by atoms with E-state index in [0.717, 1.165) is 37.1 Å². The van der Waals surface area contributed by atoms with E-state index in [1.807, 2.05) is 0 Å². The molecule has 0 aliphatic heterocycles. The molecule has 40 heavy (non-hydrogen) atoms. The maximum absolute atomic E-state index is 12.1. The van der Waals surface area contributed by atoms with Crippen molar-refractivity contribution in [3.63, 3.8) is 0 Å². The number of hydrogen-bond donors (Lipinski definition) is 6. The van der Waals surface area contributed by atoms with Crippen molar-refractivity contribution in [3.8, 4) is 40.1 Å². The molecule has 0 spiro atoms. The third kappa shape index (κ3) is 10.4. The van der Waals surface area contributed by atoms with E-state index in [1.54, 1.807) is 0 Å². The number of carboxylic acid groups (broad SMARTS) is 1. The van der Waals surface area contributed by atoms with Crippen molar-refractivity contribution < 1.29 is 39.9 Å². The molecule has 0 fully saturated rings. The Balaban J connectivity index is 0.000000288. The van der Waals surface area contributed by atoms with E-state index < -0.39 is 28.6 Å². The zero-order valence-electron chi connectivity index (χ0n) is 23.2. The van der Waals surface area contributed by atoms with Crippen LogP contribution >= 0.6 is 0 Å². The van der Waals surface area contributed by atoms with Crippen LogP contribution in [0.1, 0.15) is 96.8 Å². The average molecular weight is 559 g/mol. The summed E-state index contributed by atoms with van der Waals surface area (Å²) in [5, 5.41) is 56.1. The Morgan fingerprint density at radius 1 is 0.700 bits per heavy atom. The highest BCUT2D eigenvalue weighted by molar-refractivity contribution is 5.88. The normalized spacial score (nSPS) is 10.8. The highest BCUT2D eigenvalue weighted by Crippen LogP contribution is 2.37. The lowest BCUT2D eigenvalue weighted by Crippen LogP contribution is -2.02. The Morgan fingerprint density at radius 2 is 1.25 bits per heavy atom. The summed E-state index contributed by atoms with van der Waals surface area (Å²) in [6.45, 7) is 2.26. The summed E-state index contributed by atoms with van der Waals surface area (Å²) in [6.07, 6.45) is 17.3. The molecule has 6 N–H and O–H groups in total. The second-order valence-corrected chi connectivity index (χ2v) is 10.0. The van der Waals surface area contributed by atoms with Gasteiger partial charge in [0.15, 0.2) is 17.3 Å². The van der Waals surface area contributed by atoms with Crippen LogP contribution in [0.2, 0.25) is 0 Å². The number of unbranched alkanes of at least 4 members (excludes halogenated alkanes) is 12. The van der Waals surface area contributed by atoms with Gasteiger partial charge in [0.2, 0.25) is 11.2 Å². The lowest BCUT2D eigenvalue weighted by atomic mass is 10.0. The van der Waals surface area contributed by atoms with Crippen LogP contribution in [0, 0.1) is 0 Å². The van der Waals surface area contributed by atoms with Crippen LogP contribution in [-0.2, 0) is 4.79 Å². The zero-order chi connectivity index (χ0) is 29.5. The van der Waals surface area contributed by atoms with Crippen molar-refractivity contribution in [2.75, 3.05) is 0 Å². The lowest BCUT2D eigenvalue weighted by Gasteiger charge is -2.08. The fourth-order valence-electron chi connectivity index (χ4n) is 4.43. The average Bonchev–Trinajstić information content (AvgIpc) is 2.90. The van der Waals surface area contributed by atoms with Crippen LogP contribution in [0.25, 0.3) is 22.3 Å². The van der Waals surface area contributed by atoms with Crippen molar-refractivity contribution in [1.29, 1.82) is 0 Å². The Morgan fingerprint density at radius 3 is 1.77 bits per heavy atom. The number of carboxylic acids is 1. The lowest BCUT2D eigenvalue weighted by molar-refractivity contribution is -0.137. The van der Waals surface area contributed by atoms with Gasteiger partial charge < -0.3 is 35.1 Å². The third-order valence-corrected chi connectivity index (χ3v) is 6.67. The molecular weight excluding hydrogens is 516 g/mol. The van der Waals surface area contributed by atoms with Gasteiger partial charge in [-0.25, -0.2) is 0 Å². The molecule has 0 saturated heterocycles. The number of rotatable bonds is 15. The number of aliphatic carboxylic acids is 1. The first-order valence-corrected chi connectivity index (χ1v) is 14.1. The van der Waals surface area contributed by atoms with Crippen LogP contribution in [0.4, 0.5) is 0 Å². The summed E-state index contributed by atoms with van der Waals surface area (Å²) in [5.41, 5.74) is -0.890. The fraction of sp³-hybridized carbons (Fsp3) is 0.484. The summed E-state index contributed by atoms with van der Waals surface area (Å²) in [7, 11) is 0. The van der Waals surface area contributed by atoms with E-state index in [4.69, 9.17) is 9.52 Å². The standard InChI is InChI=1S/C16H32O2.C15H10O7/c1-2-3-4-5-6-7-8-9-10-11-12-13-14-15-16(17)18;16-7-4-10(19)12-11(5-7)22-15(14(21)13(12)20)6-1-2-8(17)9(18)3-6/h2-15H2,1H3,(H,17,18);1-5,16-19,21H. The highest BCUT2D eigenvalue weighted by Gasteiger charge is 2.19. The summed E-state index contributed by atoms with van der Waals surface area (Å²) in [6, 6.07) is 5.64. The van der Waals surface area contributed by atoms with E-state index in [9.17, 15) is 35.1 Å². The molecule has 9 nitrogen and oxygen atoms in total. The van der Waals surface area contributed by atoms with E-state index in [0.29, 0.717) is 6.42 Å². The van der Waals surface area contributed by atoms with E-state index in [2.05, 4.69) is 6.92 Å². The van der Waals surface area contributed by atoms with E-state index >= 15 is 0 Å². The van der Waals surface area contributed by atoms with Gasteiger partial charge in [-0.1, -0.05) is 84.0 Å². The molecule has 0 radical (unpaired) electrons. The predicted octanol–water partition coefficient (Wildman–Crippen LogP) is 7.54. The quantitative estimate of drug-likeness (QED) is 0.0814. The molecule has 3 rings (SSSR count). The minimum atomic E-state index is -0.888. The zero-order valence-corrected chi connectivity index (χ0v) is 23.2. The molecule has 0 unspecified atom stereocenters. The van der Waals surface area contributed by atoms with Crippen LogP contribution in [-0.4, -0.2) is 36.6 Å². The third-order valence-electron chi connectivity index (χ3n) is 6.67. The number of hydrogen-bond acceptors (Lipinski definition) is 8. The minimum absolute atomic E-state index is 0.134. The van der Waals surface area contributed by atoms with Crippen LogP contribution < -0.4 is 5.43 Å². The minimum Gasteiger partial charge on any atom is -0.508 e. The maximum atomic E-state index is 12.1. The molecule has 9 heteroatoms. The summed E-state index contributed by atoms with van der Waals surface area (Å²) >= 11 is 0. The molecule has 0 bridgehead atoms. The Labute approximate surface area is 234 Å². The molecule has 2 aromatic carbocycles. The van der Waals surface area contributed by atoms with Gasteiger partial charge in [0, 0.05) is 24.1 Å². The van der Waals surface area contributed by atoms with Gasteiger partial charge in [-0.15, -0.1) is 0 Å². The molecule has 1 aromatic heterocycles.